The summed E-state index contributed by atoms with van der Waals surface area (Å²) in [6, 6.07) is 10.3. The van der Waals surface area contributed by atoms with E-state index in [2.05, 4.69) is 16.5 Å². The van der Waals surface area contributed by atoms with Crippen molar-refractivity contribution in [3.63, 3.8) is 0 Å². The van der Waals surface area contributed by atoms with Crippen LogP contribution in [0.3, 0.4) is 0 Å². The monoisotopic (exact) mass is 303 g/mol. The first-order valence-electron chi connectivity index (χ1n) is 6.82. The second kappa shape index (κ2) is 5.37. The number of aryl methyl sites for hydroxylation is 1. The first-order chi connectivity index (χ1) is 10.1. The smallest absolute Gasteiger partial charge is 0.146 e. The normalized spacial score (nSPS) is 11.2. The van der Waals surface area contributed by atoms with E-state index in [9.17, 15) is 4.39 Å². The molecule has 108 valence electrons. The van der Waals surface area contributed by atoms with Gasteiger partial charge in [-0.1, -0.05) is 24.6 Å². The number of anilines is 1. The van der Waals surface area contributed by atoms with Crippen LogP contribution < -0.4 is 5.73 Å². The van der Waals surface area contributed by atoms with E-state index in [1.165, 1.54) is 6.07 Å². The number of halogens is 2. The minimum absolute atomic E-state index is 0.119. The Morgan fingerprint density at radius 2 is 2.10 bits per heavy atom. The van der Waals surface area contributed by atoms with E-state index in [4.69, 9.17) is 17.3 Å². The molecular weight excluding hydrogens is 289 g/mol. The van der Waals surface area contributed by atoms with Crippen molar-refractivity contribution in [3.8, 4) is 11.4 Å². The van der Waals surface area contributed by atoms with E-state index in [-0.39, 0.29) is 5.69 Å². The molecule has 21 heavy (non-hydrogen) atoms. The molecule has 1 heterocycles. The van der Waals surface area contributed by atoms with Crippen LogP contribution in [0.1, 0.15) is 13.3 Å². The number of hydrogen-bond acceptors (Lipinski definition) is 2. The molecule has 3 aromatic rings. The summed E-state index contributed by atoms with van der Waals surface area (Å²) in [5.74, 6) is 0.335. The van der Waals surface area contributed by atoms with Gasteiger partial charge in [0.25, 0.3) is 0 Å². The lowest BCUT2D eigenvalue weighted by molar-refractivity contribution is 0.632. The molecule has 0 aliphatic rings. The van der Waals surface area contributed by atoms with E-state index >= 15 is 0 Å². The Hall–Kier alpha value is -2.07. The number of nitrogens with two attached hydrogens (primary N) is 1. The number of fused-ring (bicyclic) bond motifs is 1. The van der Waals surface area contributed by atoms with Crippen LogP contribution in [-0.4, -0.2) is 9.55 Å². The zero-order valence-corrected chi connectivity index (χ0v) is 12.4. The number of para-hydroxylation sites is 1. The van der Waals surface area contributed by atoms with Gasteiger partial charge in [0, 0.05) is 12.1 Å². The van der Waals surface area contributed by atoms with Crippen LogP contribution in [0, 0.1) is 5.82 Å². The molecule has 1 aromatic heterocycles. The molecule has 3 nitrogen and oxygen atoms in total. The van der Waals surface area contributed by atoms with Gasteiger partial charge in [-0.15, -0.1) is 0 Å². The molecule has 3 rings (SSSR count). The highest BCUT2D eigenvalue weighted by Crippen LogP contribution is 2.31. The second-order valence-electron chi connectivity index (χ2n) is 4.93. The maximum atomic E-state index is 13.4. The van der Waals surface area contributed by atoms with Gasteiger partial charge < -0.3 is 10.3 Å². The average Bonchev–Trinajstić information content (AvgIpc) is 2.83. The maximum Gasteiger partial charge on any atom is 0.146 e. The first kappa shape index (κ1) is 13.9. The zero-order valence-electron chi connectivity index (χ0n) is 11.6. The highest BCUT2D eigenvalue weighted by molar-refractivity contribution is 6.35. The molecule has 2 N–H and O–H groups in total. The SMILES string of the molecule is CCCn1c(-c2ccc(F)c(N)c2)nc2cccc(Cl)c21. The predicted octanol–water partition coefficient (Wildman–Crippen LogP) is 4.49. The molecule has 2 aromatic carbocycles. The van der Waals surface area contributed by atoms with Crippen molar-refractivity contribution in [2.24, 2.45) is 0 Å². The van der Waals surface area contributed by atoms with Gasteiger partial charge in [0.2, 0.25) is 0 Å². The highest BCUT2D eigenvalue weighted by Gasteiger charge is 2.15. The van der Waals surface area contributed by atoms with Gasteiger partial charge in [-0.25, -0.2) is 9.37 Å². The fourth-order valence-corrected chi connectivity index (χ4v) is 2.76. The third-order valence-electron chi connectivity index (χ3n) is 3.42. The fourth-order valence-electron chi connectivity index (χ4n) is 2.49. The number of imidazole rings is 1. The Morgan fingerprint density at radius 3 is 2.81 bits per heavy atom. The molecule has 0 bridgehead atoms. The van der Waals surface area contributed by atoms with E-state index < -0.39 is 5.82 Å². The Labute approximate surface area is 127 Å². The van der Waals surface area contributed by atoms with E-state index in [1.807, 2.05) is 18.2 Å². The van der Waals surface area contributed by atoms with Crippen molar-refractivity contribution in [2.45, 2.75) is 19.9 Å². The third-order valence-corrected chi connectivity index (χ3v) is 3.72. The van der Waals surface area contributed by atoms with Crippen LogP contribution in [0.25, 0.3) is 22.4 Å². The van der Waals surface area contributed by atoms with Gasteiger partial charge in [-0.3, -0.25) is 0 Å². The molecule has 0 unspecified atom stereocenters. The van der Waals surface area contributed by atoms with Crippen molar-refractivity contribution in [3.05, 3.63) is 47.2 Å². The Bertz CT molecular complexity index is 811. The van der Waals surface area contributed by atoms with E-state index in [0.29, 0.717) is 5.02 Å². The molecule has 0 amide bonds. The maximum absolute atomic E-state index is 13.4. The quantitative estimate of drug-likeness (QED) is 0.725. The first-order valence-corrected chi connectivity index (χ1v) is 7.19. The number of benzene rings is 2. The number of hydrogen-bond donors (Lipinski definition) is 1. The summed E-state index contributed by atoms with van der Waals surface area (Å²) in [5.41, 5.74) is 8.30. The molecule has 0 spiro atoms. The molecule has 0 saturated carbocycles. The number of aromatic nitrogens is 2. The van der Waals surface area contributed by atoms with Gasteiger partial charge in [-0.05, 0) is 36.8 Å². The standard InChI is InChI=1S/C16H15ClFN3/c1-2-8-21-15-11(17)4-3-5-14(15)20-16(21)10-6-7-12(18)13(19)9-10/h3-7,9H,2,8,19H2,1H3. The predicted molar refractivity (Wildman–Crippen MR) is 84.8 cm³/mol. The van der Waals surface area contributed by atoms with Gasteiger partial charge >= 0.3 is 0 Å². The summed E-state index contributed by atoms with van der Waals surface area (Å²) in [7, 11) is 0. The van der Waals surface area contributed by atoms with Gasteiger partial charge in [0.1, 0.15) is 11.6 Å². The summed E-state index contributed by atoms with van der Waals surface area (Å²) in [5, 5.41) is 0.662. The third kappa shape index (κ3) is 2.36. The van der Waals surface area contributed by atoms with Gasteiger partial charge in [0.05, 0.1) is 21.7 Å². The van der Waals surface area contributed by atoms with Crippen molar-refractivity contribution in [1.82, 2.24) is 9.55 Å². The Kier molecular flexibility index (Phi) is 3.55. The number of nitrogen functional groups attached to an aromatic ring is 1. The molecule has 5 heteroatoms. The second-order valence-corrected chi connectivity index (χ2v) is 5.34. The van der Waals surface area contributed by atoms with E-state index in [1.54, 1.807) is 12.1 Å². The van der Waals surface area contributed by atoms with Crippen molar-refractivity contribution in [1.29, 1.82) is 0 Å². The summed E-state index contributed by atoms with van der Waals surface area (Å²) >= 11 is 6.31. The summed E-state index contributed by atoms with van der Waals surface area (Å²) < 4.78 is 15.4. The summed E-state index contributed by atoms with van der Waals surface area (Å²) in [4.78, 5) is 4.63. The highest BCUT2D eigenvalue weighted by atomic mass is 35.5. The Balaban J connectivity index is 2.28. The van der Waals surface area contributed by atoms with Crippen molar-refractivity contribution < 1.29 is 4.39 Å². The van der Waals surface area contributed by atoms with Gasteiger partial charge in [-0.2, -0.15) is 0 Å². The molecule has 0 aliphatic carbocycles. The zero-order chi connectivity index (χ0) is 15.0. The largest absolute Gasteiger partial charge is 0.396 e. The molecule has 0 saturated heterocycles. The lowest BCUT2D eigenvalue weighted by Gasteiger charge is -2.09. The summed E-state index contributed by atoms with van der Waals surface area (Å²) in [6.45, 7) is 2.87. The number of nitrogens with zero attached hydrogens (tertiary/aromatic N) is 2. The fraction of sp³-hybridized carbons (Fsp3) is 0.188. The van der Waals surface area contributed by atoms with Crippen molar-refractivity contribution in [2.75, 3.05) is 5.73 Å². The molecule has 0 aliphatic heterocycles. The minimum Gasteiger partial charge on any atom is -0.396 e. The molecular formula is C16H15ClFN3. The molecule has 0 radical (unpaired) electrons. The minimum atomic E-state index is -0.421. The van der Waals surface area contributed by atoms with Crippen LogP contribution in [0.15, 0.2) is 36.4 Å². The molecule has 0 fully saturated rings. The van der Waals surface area contributed by atoms with Crippen LogP contribution in [0.4, 0.5) is 10.1 Å². The lowest BCUT2D eigenvalue weighted by Crippen LogP contribution is -2.01. The average molecular weight is 304 g/mol. The van der Waals surface area contributed by atoms with Crippen LogP contribution in [0.5, 0.6) is 0 Å². The topological polar surface area (TPSA) is 43.8 Å². The van der Waals surface area contributed by atoms with Crippen LogP contribution >= 0.6 is 11.6 Å². The lowest BCUT2D eigenvalue weighted by atomic mass is 10.2. The van der Waals surface area contributed by atoms with Crippen LogP contribution in [-0.2, 0) is 6.54 Å². The van der Waals surface area contributed by atoms with Crippen molar-refractivity contribution >= 4 is 28.3 Å². The number of rotatable bonds is 3. The van der Waals surface area contributed by atoms with Gasteiger partial charge in [0.15, 0.2) is 0 Å². The summed E-state index contributed by atoms with van der Waals surface area (Å²) in [6.07, 6.45) is 0.945. The van der Waals surface area contributed by atoms with Crippen LogP contribution in [0.2, 0.25) is 5.02 Å². The van der Waals surface area contributed by atoms with E-state index in [0.717, 1.165) is 35.4 Å². The molecule has 0 atom stereocenters. The Morgan fingerprint density at radius 1 is 1.29 bits per heavy atom.